The summed E-state index contributed by atoms with van der Waals surface area (Å²) in [5, 5.41) is 2.06. The summed E-state index contributed by atoms with van der Waals surface area (Å²) >= 11 is 0. The van der Waals surface area contributed by atoms with Gasteiger partial charge in [-0.1, -0.05) is 6.92 Å². The summed E-state index contributed by atoms with van der Waals surface area (Å²) in [5.41, 5.74) is -0.790. The highest BCUT2D eigenvalue weighted by Gasteiger charge is 2.19. The number of rotatable bonds is 8. The molecular formula is C17H16F4N2O4. The van der Waals surface area contributed by atoms with Crippen LogP contribution in [0.4, 0.5) is 23.2 Å². The maximum absolute atomic E-state index is 13.6. The number of methoxy groups -OCH3 is 1. The topological polar surface area (TPSA) is 69.7 Å². The van der Waals surface area contributed by atoms with Crippen molar-refractivity contribution in [3.05, 3.63) is 47.8 Å². The molecule has 1 heterocycles. The second-order valence-corrected chi connectivity index (χ2v) is 5.16. The lowest BCUT2D eigenvalue weighted by molar-refractivity contribution is -0.0702. The molecular weight excluding hydrogens is 372 g/mol. The molecule has 146 valence electrons. The van der Waals surface area contributed by atoms with Gasteiger partial charge in [0.25, 0.3) is 5.91 Å². The van der Waals surface area contributed by atoms with Crippen LogP contribution in [-0.2, 0) is 4.74 Å². The number of benzene rings is 1. The van der Waals surface area contributed by atoms with Crippen LogP contribution < -0.4 is 14.8 Å². The summed E-state index contributed by atoms with van der Waals surface area (Å²) in [6.45, 7) is -1.39. The number of alkyl halides is 2. The van der Waals surface area contributed by atoms with E-state index in [1.807, 2.05) is 0 Å². The van der Waals surface area contributed by atoms with E-state index >= 15 is 0 Å². The molecule has 10 heteroatoms. The monoisotopic (exact) mass is 388 g/mol. The van der Waals surface area contributed by atoms with Gasteiger partial charge in [0.05, 0.1) is 12.4 Å². The van der Waals surface area contributed by atoms with Gasteiger partial charge < -0.3 is 19.5 Å². The first-order chi connectivity index (χ1) is 12.8. The van der Waals surface area contributed by atoms with E-state index in [2.05, 4.69) is 15.0 Å². The van der Waals surface area contributed by atoms with Gasteiger partial charge in [0.15, 0.2) is 29.4 Å². The predicted molar refractivity (Wildman–Crippen MR) is 86.9 cm³/mol. The van der Waals surface area contributed by atoms with Crippen LogP contribution in [0, 0.1) is 11.6 Å². The number of nitrogens with zero attached hydrogens (tertiary/aromatic N) is 1. The third-order valence-electron chi connectivity index (χ3n) is 3.37. The minimum absolute atomic E-state index is 0.104. The van der Waals surface area contributed by atoms with Gasteiger partial charge >= 0.3 is 6.61 Å². The largest absolute Gasteiger partial charge is 0.461 e. The van der Waals surface area contributed by atoms with Gasteiger partial charge in [0.2, 0.25) is 0 Å². The molecule has 1 amide bonds. The molecule has 0 bridgehead atoms. The van der Waals surface area contributed by atoms with Crippen molar-refractivity contribution in [3.8, 4) is 11.5 Å². The highest BCUT2D eigenvalue weighted by Crippen LogP contribution is 2.31. The lowest BCUT2D eigenvalue weighted by atomic mass is 10.2. The number of ether oxygens (including phenoxy) is 3. The molecule has 1 aromatic carbocycles. The Morgan fingerprint density at radius 3 is 2.37 bits per heavy atom. The summed E-state index contributed by atoms with van der Waals surface area (Å²) in [7, 11) is 1.35. The minimum atomic E-state index is -3.12. The van der Waals surface area contributed by atoms with Gasteiger partial charge in [-0.3, -0.25) is 9.78 Å². The van der Waals surface area contributed by atoms with Gasteiger partial charge in [-0.25, -0.2) is 8.78 Å². The van der Waals surface area contributed by atoms with Gasteiger partial charge in [-0.05, 0) is 18.2 Å². The number of amides is 1. The standard InChI is InChI=1S/C17H16F4N2O4/c1-3-14(25-2)26-13-6-9(4-5-12(13)27-17(20)21)16(24)23-15-10(18)7-22-8-11(15)19/h4-8,14,17H,3H2,1-2H3,(H,22,23,24). The molecule has 2 aromatic rings. The first kappa shape index (κ1) is 20.4. The van der Waals surface area contributed by atoms with Gasteiger partial charge in [-0.15, -0.1) is 0 Å². The summed E-state index contributed by atoms with van der Waals surface area (Å²) in [6, 6.07) is 3.33. The van der Waals surface area contributed by atoms with Gasteiger partial charge in [0, 0.05) is 19.1 Å². The molecule has 2 rings (SSSR count). The highest BCUT2D eigenvalue weighted by molar-refractivity contribution is 6.04. The lowest BCUT2D eigenvalue weighted by Gasteiger charge is -2.19. The van der Waals surface area contributed by atoms with Gasteiger partial charge in [0.1, 0.15) is 5.69 Å². The zero-order chi connectivity index (χ0) is 20.0. The van der Waals surface area contributed by atoms with Crippen molar-refractivity contribution in [1.29, 1.82) is 0 Å². The van der Waals surface area contributed by atoms with Crippen LogP contribution in [0.3, 0.4) is 0 Å². The van der Waals surface area contributed by atoms with Crippen LogP contribution in [0.2, 0.25) is 0 Å². The van der Waals surface area contributed by atoms with Crippen LogP contribution in [0.15, 0.2) is 30.6 Å². The van der Waals surface area contributed by atoms with Crippen LogP contribution in [0.25, 0.3) is 0 Å². The van der Waals surface area contributed by atoms with E-state index in [1.165, 1.54) is 7.11 Å². The van der Waals surface area contributed by atoms with Crippen molar-refractivity contribution < 1.29 is 36.6 Å². The van der Waals surface area contributed by atoms with Crippen LogP contribution >= 0.6 is 0 Å². The Kier molecular flexibility index (Phi) is 6.94. The summed E-state index contributed by atoms with van der Waals surface area (Å²) in [5.74, 6) is -3.53. The number of aromatic nitrogens is 1. The fourth-order valence-corrected chi connectivity index (χ4v) is 2.09. The van der Waals surface area contributed by atoms with E-state index in [0.717, 1.165) is 30.6 Å². The number of hydrogen-bond acceptors (Lipinski definition) is 5. The zero-order valence-electron chi connectivity index (χ0n) is 14.3. The molecule has 0 aliphatic rings. The van der Waals surface area contributed by atoms with Crippen molar-refractivity contribution in [3.63, 3.8) is 0 Å². The second-order valence-electron chi connectivity index (χ2n) is 5.16. The van der Waals surface area contributed by atoms with Crippen molar-refractivity contribution in [2.45, 2.75) is 26.2 Å². The fourth-order valence-electron chi connectivity index (χ4n) is 2.09. The van der Waals surface area contributed by atoms with E-state index in [1.54, 1.807) is 6.92 Å². The smallest absolute Gasteiger partial charge is 0.387 e. The Bertz CT molecular complexity index is 780. The molecule has 0 saturated carbocycles. The lowest BCUT2D eigenvalue weighted by Crippen LogP contribution is -2.19. The third kappa shape index (κ3) is 5.30. The molecule has 1 aromatic heterocycles. The number of anilines is 1. The van der Waals surface area contributed by atoms with Gasteiger partial charge in [-0.2, -0.15) is 8.78 Å². The number of nitrogens with one attached hydrogen (secondary N) is 1. The van der Waals surface area contributed by atoms with E-state index in [4.69, 9.17) is 9.47 Å². The van der Waals surface area contributed by atoms with E-state index in [-0.39, 0.29) is 17.1 Å². The molecule has 0 aliphatic carbocycles. The summed E-state index contributed by atoms with van der Waals surface area (Å²) in [4.78, 5) is 15.6. The Morgan fingerprint density at radius 1 is 1.15 bits per heavy atom. The van der Waals surface area contributed by atoms with Crippen LogP contribution in [0.1, 0.15) is 23.7 Å². The summed E-state index contributed by atoms with van der Waals surface area (Å²) in [6.07, 6.45) is 1.07. The molecule has 27 heavy (non-hydrogen) atoms. The number of pyridine rings is 1. The van der Waals surface area contributed by atoms with Crippen molar-refractivity contribution in [2.75, 3.05) is 12.4 Å². The molecule has 6 nitrogen and oxygen atoms in total. The molecule has 0 aliphatic heterocycles. The number of carbonyl (C=O) groups excluding carboxylic acids is 1. The first-order valence-corrected chi connectivity index (χ1v) is 7.74. The molecule has 0 saturated heterocycles. The Morgan fingerprint density at radius 2 is 1.81 bits per heavy atom. The maximum Gasteiger partial charge on any atom is 0.387 e. The summed E-state index contributed by atoms with van der Waals surface area (Å²) < 4.78 is 67.1. The SMILES string of the molecule is CCC(OC)Oc1cc(C(=O)Nc2c(F)cncc2F)ccc1OC(F)F. The van der Waals surface area contributed by atoms with Crippen LogP contribution in [-0.4, -0.2) is 30.9 Å². The quantitative estimate of drug-likeness (QED) is 0.547. The van der Waals surface area contributed by atoms with Crippen molar-refractivity contribution >= 4 is 11.6 Å². The second kappa shape index (κ2) is 9.17. The van der Waals surface area contributed by atoms with E-state index < -0.39 is 36.1 Å². The van der Waals surface area contributed by atoms with E-state index in [9.17, 15) is 22.4 Å². The normalized spacial score (nSPS) is 12.0. The maximum atomic E-state index is 13.6. The molecule has 0 fully saturated rings. The van der Waals surface area contributed by atoms with Crippen LogP contribution in [0.5, 0.6) is 11.5 Å². The number of hydrogen-bond donors (Lipinski definition) is 1. The number of halogens is 4. The van der Waals surface area contributed by atoms with Crippen molar-refractivity contribution in [1.82, 2.24) is 4.98 Å². The predicted octanol–water partition coefficient (Wildman–Crippen LogP) is 3.97. The molecule has 1 unspecified atom stereocenters. The molecule has 1 atom stereocenters. The zero-order valence-corrected chi connectivity index (χ0v) is 14.3. The average Bonchev–Trinajstić information content (AvgIpc) is 2.63. The molecule has 1 N–H and O–H groups in total. The third-order valence-corrected chi connectivity index (χ3v) is 3.37. The fraction of sp³-hybridized carbons (Fsp3) is 0.294. The molecule has 0 spiro atoms. The Labute approximate surface area is 152 Å². The Balaban J connectivity index is 2.32. The highest BCUT2D eigenvalue weighted by atomic mass is 19.3. The van der Waals surface area contributed by atoms with Crippen molar-refractivity contribution in [2.24, 2.45) is 0 Å². The minimum Gasteiger partial charge on any atom is -0.461 e. The number of carbonyl (C=O) groups is 1. The molecule has 0 radical (unpaired) electrons. The average molecular weight is 388 g/mol. The Hall–Kier alpha value is -2.88. The van der Waals surface area contributed by atoms with E-state index in [0.29, 0.717) is 6.42 Å². The first-order valence-electron chi connectivity index (χ1n) is 7.74.